The van der Waals surface area contributed by atoms with Gasteiger partial charge in [-0.05, 0) is 75.2 Å². The van der Waals surface area contributed by atoms with Crippen molar-refractivity contribution in [3.05, 3.63) is 58.5 Å². The molecule has 26 heavy (non-hydrogen) atoms. The lowest BCUT2D eigenvalue weighted by molar-refractivity contribution is 0.0895. The van der Waals surface area contributed by atoms with Crippen molar-refractivity contribution >= 4 is 29.9 Å². The van der Waals surface area contributed by atoms with E-state index in [9.17, 15) is 4.79 Å². The first-order chi connectivity index (χ1) is 12.0. The third-order valence-corrected chi connectivity index (χ3v) is 5.16. The van der Waals surface area contributed by atoms with Crippen LogP contribution < -0.4 is 5.32 Å². The second-order valence-electron chi connectivity index (χ2n) is 6.90. The van der Waals surface area contributed by atoms with Gasteiger partial charge in [0, 0.05) is 17.1 Å². The molecule has 2 heterocycles. The molecule has 1 N–H and O–H groups in total. The second kappa shape index (κ2) is 9.45. The van der Waals surface area contributed by atoms with Crippen molar-refractivity contribution in [3.8, 4) is 0 Å². The number of aryl methyl sites for hydroxylation is 1. The summed E-state index contributed by atoms with van der Waals surface area (Å²) in [6, 6.07) is 11.0. The van der Waals surface area contributed by atoms with Gasteiger partial charge in [0.2, 0.25) is 0 Å². The number of hydrogen-bond donors (Lipinski definition) is 1. The summed E-state index contributed by atoms with van der Waals surface area (Å²) >= 11 is 5.89. The SMILES string of the molecule is Cc1ccc(C(CNC(=O)c2ccc(Cl)cc2)N2CCC(C)CC2)o1.Cl. The van der Waals surface area contributed by atoms with Gasteiger partial charge in [0.15, 0.2) is 0 Å². The van der Waals surface area contributed by atoms with Crippen LogP contribution in [0.4, 0.5) is 0 Å². The molecular weight excluding hydrogens is 371 g/mol. The monoisotopic (exact) mass is 396 g/mol. The van der Waals surface area contributed by atoms with E-state index in [0.717, 1.165) is 30.5 Å². The maximum atomic E-state index is 12.4. The molecule has 1 fully saturated rings. The molecule has 1 saturated heterocycles. The standard InChI is InChI=1S/C20H25ClN2O2.ClH/c1-14-9-11-23(12-10-14)18(19-8-3-15(2)25-19)13-22-20(24)16-4-6-17(21)7-5-16;/h3-8,14,18H,9-13H2,1-2H3,(H,22,24);1H. The minimum absolute atomic E-state index is 0. The van der Waals surface area contributed by atoms with Crippen LogP contribution in [0.2, 0.25) is 5.02 Å². The Hall–Kier alpha value is -1.49. The minimum atomic E-state index is -0.0877. The summed E-state index contributed by atoms with van der Waals surface area (Å²) in [6.45, 7) is 6.84. The lowest BCUT2D eigenvalue weighted by Gasteiger charge is -2.35. The van der Waals surface area contributed by atoms with Crippen molar-refractivity contribution < 1.29 is 9.21 Å². The van der Waals surface area contributed by atoms with Crippen LogP contribution in [0.5, 0.6) is 0 Å². The first kappa shape index (κ1) is 20.8. The fourth-order valence-electron chi connectivity index (χ4n) is 3.28. The molecule has 0 saturated carbocycles. The van der Waals surface area contributed by atoms with Crippen LogP contribution in [0.25, 0.3) is 0 Å². The summed E-state index contributed by atoms with van der Waals surface area (Å²) in [4.78, 5) is 14.8. The highest BCUT2D eigenvalue weighted by Gasteiger charge is 2.27. The van der Waals surface area contributed by atoms with Gasteiger partial charge >= 0.3 is 0 Å². The van der Waals surface area contributed by atoms with Crippen molar-refractivity contribution in [2.75, 3.05) is 19.6 Å². The zero-order valence-electron chi connectivity index (χ0n) is 15.2. The number of likely N-dealkylation sites (tertiary alicyclic amines) is 1. The second-order valence-corrected chi connectivity index (χ2v) is 7.34. The van der Waals surface area contributed by atoms with Crippen LogP contribution in [-0.2, 0) is 0 Å². The summed E-state index contributed by atoms with van der Waals surface area (Å²) in [5, 5.41) is 3.68. The summed E-state index contributed by atoms with van der Waals surface area (Å²) in [5.41, 5.74) is 0.617. The molecule has 0 spiro atoms. The van der Waals surface area contributed by atoms with Crippen LogP contribution in [0.1, 0.15) is 47.7 Å². The van der Waals surface area contributed by atoms with Crippen LogP contribution in [-0.4, -0.2) is 30.4 Å². The predicted molar refractivity (Wildman–Crippen MR) is 107 cm³/mol. The highest BCUT2D eigenvalue weighted by Crippen LogP contribution is 2.27. The Morgan fingerprint density at radius 1 is 1.23 bits per heavy atom. The number of carbonyl (C=O) groups is 1. The molecule has 0 aliphatic carbocycles. The Bertz CT molecular complexity index is 707. The Morgan fingerprint density at radius 3 is 2.46 bits per heavy atom. The number of benzene rings is 1. The molecule has 0 radical (unpaired) electrons. The van der Waals surface area contributed by atoms with Gasteiger partial charge in [-0.15, -0.1) is 12.4 Å². The van der Waals surface area contributed by atoms with E-state index in [4.69, 9.17) is 16.0 Å². The smallest absolute Gasteiger partial charge is 0.251 e. The van der Waals surface area contributed by atoms with Crippen LogP contribution in [0.15, 0.2) is 40.8 Å². The van der Waals surface area contributed by atoms with Gasteiger partial charge in [-0.1, -0.05) is 18.5 Å². The summed E-state index contributed by atoms with van der Waals surface area (Å²) in [6.07, 6.45) is 2.36. The van der Waals surface area contributed by atoms with E-state index in [2.05, 4.69) is 17.1 Å². The largest absolute Gasteiger partial charge is 0.465 e. The molecule has 2 aromatic rings. The van der Waals surface area contributed by atoms with Crippen molar-refractivity contribution in [2.24, 2.45) is 5.92 Å². The Labute approximate surface area is 166 Å². The van der Waals surface area contributed by atoms with Gasteiger partial charge in [-0.3, -0.25) is 9.69 Å². The molecule has 1 amide bonds. The van der Waals surface area contributed by atoms with Crippen molar-refractivity contribution in [1.82, 2.24) is 10.2 Å². The van der Waals surface area contributed by atoms with Gasteiger partial charge in [0.25, 0.3) is 5.91 Å². The average molecular weight is 397 g/mol. The fourth-order valence-corrected chi connectivity index (χ4v) is 3.40. The van der Waals surface area contributed by atoms with Gasteiger partial charge in [-0.25, -0.2) is 0 Å². The molecule has 6 heteroatoms. The molecule has 1 aliphatic rings. The molecule has 1 aromatic carbocycles. The highest BCUT2D eigenvalue weighted by atomic mass is 35.5. The number of hydrogen-bond acceptors (Lipinski definition) is 3. The number of furan rings is 1. The maximum absolute atomic E-state index is 12.4. The van der Waals surface area contributed by atoms with Gasteiger partial charge < -0.3 is 9.73 Å². The molecule has 1 atom stereocenters. The topological polar surface area (TPSA) is 45.5 Å². The Balaban J connectivity index is 0.00000243. The van der Waals surface area contributed by atoms with Gasteiger partial charge in [0.1, 0.15) is 11.5 Å². The van der Waals surface area contributed by atoms with E-state index in [1.165, 1.54) is 12.8 Å². The van der Waals surface area contributed by atoms with Gasteiger partial charge in [0.05, 0.1) is 6.04 Å². The third kappa shape index (κ3) is 5.26. The number of nitrogens with one attached hydrogen (secondary N) is 1. The lowest BCUT2D eigenvalue weighted by Crippen LogP contribution is -2.41. The number of carbonyl (C=O) groups excluding carboxylic acids is 1. The third-order valence-electron chi connectivity index (χ3n) is 4.91. The molecule has 3 rings (SSSR count). The normalized spacial score (nSPS) is 16.7. The van der Waals surface area contributed by atoms with Crippen molar-refractivity contribution in [2.45, 2.75) is 32.7 Å². The highest BCUT2D eigenvalue weighted by molar-refractivity contribution is 6.30. The van der Waals surface area contributed by atoms with Gasteiger partial charge in [-0.2, -0.15) is 0 Å². The number of halogens is 2. The number of rotatable bonds is 5. The average Bonchev–Trinajstić information content (AvgIpc) is 3.03. The number of piperidine rings is 1. The van der Waals surface area contributed by atoms with Crippen molar-refractivity contribution in [3.63, 3.8) is 0 Å². The molecule has 1 aromatic heterocycles. The molecule has 1 aliphatic heterocycles. The van der Waals surface area contributed by atoms with E-state index in [0.29, 0.717) is 17.1 Å². The Kier molecular flexibility index (Phi) is 7.56. The van der Waals surface area contributed by atoms with E-state index in [1.54, 1.807) is 24.3 Å². The first-order valence-corrected chi connectivity index (χ1v) is 9.25. The minimum Gasteiger partial charge on any atom is -0.465 e. The summed E-state index contributed by atoms with van der Waals surface area (Å²) in [7, 11) is 0. The lowest BCUT2D eigenvalue weighted by atomic mass is 9.97. The molecular formula is C20H26Cl2N2O2. The van der Waals surface area contributed by atoms with E-state index in [-0.39, 0.29) is 24.4 Å². The summed E-state index contributed by atoms with van der Waals surface area (Å²) in [5.74, 6) is 2.49. The van der Waals surface area contributed by atoms with E-state index in [1.807, 2.05) is 19.1 Å². The predicted octanol–water partition coefficient (Wildman–Crippen LogP) is 4.87. The summed E-state index contributed by atoms with van der Waals surface area (Å²) < 4.78 is 5.87. The van der Waals surface area contributed by atoms with Crippen molar-refractivity contribution in [1.29, 1.82) is 0 Å². The van der Waals surface area contributed by atoms with E-state index < -0.39 is 0 Å². The molecule has 4 nitrogen and oxygen atoms in total. The van der Waals surface area contributed by atoms with Crippen LogP contribution in [0.3, 0.4) is 0 Å². The van der Waals surface area contributed by atoms with E-state index >= 15 is 0 Å². The number of amides is 1. The first-order valence-electron chi connectivity index (χ1n) is 8.87. The molecule has 0 bridgehead atoms. The number of nitrogens with zero attached hydrogens (tertiary/aromatic N) is 1. The Morgan fingerprint density at radius 2 is 1.88 bits per heavy atom. The molecule has 1 unspecified atom stereocenters. The fraction of sp³-hybridized carbons (Fsp3) is 0.450. The van der Waals surface area contributed by atoms with Crippen LogP contribution >= 0.6 is 24.0 Å². The molecule has 142 valence electrons. The maximum Gasteiger partial charge on any atom is 0.251 e. The zero-order chi connectivity index (χ0) is 17.8. The van der Waals surface area contributed by atoms with Crippen LogP contribution in [0, 0.1) is 12.8 Å². The quantitative estimate of drug-likeness (QED) is 0.783. The zero-order valence-corrected chi connectivity index (χ0v) is 16.8.